The number of hydrogen-bond donors (Lipinski definition) is 6. The molecule has 1 rings (SSSR count). The van der Waals surface area contributed by atoms with Crippen LogP contribution in [0, 0.1) is 0 Å². The highest BCUT2D eigenvalue weighted by atomic mass is 16.7. The minimum absolute atomic E-state index is 0.217. The Kier molecular flexibility index (Phi) is 45.3. The van der Waals surface area contributed by atoms with Crippen molar-refractivity contribution < 1.29 is 39.8 Å². The lowest BCUT2D eigenvalue weighted by Gasteiger charge is -2.40. The molecular formula is C60H103NO8. The van der Waals surface area contributed by atoms with Crippen LogP contribution in [0.15, 0.2) is 97.2 Å². The van der Waals surface area contributed by atoms with E-state index in [9.17, 15) is 30.3 Å². The van der Waals surface area contributed by atoms with E-state index < -0.39 is 49.5 Å². The number of ether oxygens (including phenoxy) is 2. The zero-order valence-electron chi connectivity index (χ0n) is 43.8. The average molecular weight is 966 g/mol. The van der Waals surface area contributed by atoms with E-state index in [-0.39, 0.29) is 18.9 Å². The summed E-state index contributed by atoms with van der Waals surface area (Å²) in [5.74, 6) is -0.237. The Bertz CT molecular complexity index is 1400. The molecule has 396 valence electrons. The molecule has 1 fully saturated rings. The van der Waals surface area contributed by atoms with Crippen molar-refractivity contribution in [1.82, 2.24) is 5.32 Å². The lowest BCUT2D eigenvalue weighted by molar-refractivity contribution is -0.302. The summed E-state index contributed by atoms with van der Waals surface area (Å²) in [5, 5.41) is 54.4. The van der Waals surface area contributed by atoms with Gasteiger partial charge < -0.3 is 40.3 Å². The third-order valence-corrected chi connectivity index (χ3v) is 12.7. The SMILES string of the molecule is CC/C=C\C/C=C\C/C=C\C/C=C\C/C=C\C/C=C\C/C=C\CCCC(=O)NC(COC1OC(CO)C(O)C(O)C1O)C(O)/C=C/CCCCCCCCCCCCCCCCCCCCCCC. The molecule has 0 aromatic heterocycles. The van der Waals surface area contributed by atoms with Crippen LogP contribution in [-0.4, -0.2) is 87.5 Å². The van der Waals surface area contributed by atoms with Crippen LogP contribution in [0.1, 0.15) is 219 Å². The predicted octanol–water partition coefficient (Wildman–Crippen LogP) is 13.6. The second kappa shape index (κ2) is 48.7. The van der Waals surface area contributed by atoms with Gasteiger partial charge in [-0.3, -0.25) is 4.79 Å². The van der Waals surface area contributed by atoms with E-state index in [0.717, 1.165) is 70.6 Å². The molecule has 1 saturated heterocycles. The Labute approximate surface area is 422 Å². The Hall–Kier alpha value is -2.89. The van der Waals surface area contributed by atoms with Gasteiger partial charge >= 0.3 is 0 Å². The minimum Gasteiger partial charge on any atom is -0.394 e. The molecule has 0 aliphatic carbocycles. The van der Waals surface area contributed by atoms with Crippen molar-refractivity contribution in [2.45, 2.75) is 262 Å². The monoisotopic (exact) mass is 966 g/mol. The summed E-state index contributed by atoms with van der Waals surface area (Å²) in [4.78, 5) is 13.0. The highest BCUT2D eigenvalue weighted by molar-refractivity contribution is 5.76. The van der Waals surface area contributed by atoms with Crippen molar-refractivity contribution in [1.29, 1.82) is 0 Å². The van der Waals surface area contributed by atoms with Gasteiger partial charge in [0.15, 0.2) is 6.29 Å². The van der Waals surface area contributed by atoms with Crippen molar-refractivity contribution in [2.24, 2.45) is 0 Å². The number of hydrogen-bond acceptors (Lipinski definition) is 8. The Morgan fingerprint density at radius 2 is 0.899 bits per heavy atom. The molecule has 69 heavy (non-hydrogen) atoms. The van der Waals surface area contributed by atoms with Gasteiger partial charge in [0.2, 0.25) is 5.91 Å². The van der Waals surface area contributed by atoms with Crippen LogP contribution in [-0.2, 0) is 14.3 Å². The quantitative estimate of drug-likeness (QED) is 0.0261. The van der Waals surface area contributed by atoms with E-state index in [1.165, 1.54) is 122 Å². The molecule has 6 N–H and O–H groups in total. The van der Waals surface area contributed by atoms with E-state index in [4.69, 9.17) is 9.47 Å². The van der Waals surface area contributed by atoms with Crippen molar-refractivity contribution in [2.75, 3.05) is 13.2 Å². The summed E-state index contributed by atoms with van der Waals surface area (Å²) < 4.78 is 11.2. The van der Waals surface area contributed by atoms with Crippen LogP contribution in [0.5, 0.6) is 0 Å². The van der Waals surface area contributed by atoms with Gasteiger partial charge in [-0.15, -0.1) is 0 Å². The molecule has 0 aromatic rings. The normalized spacial score (nSPS) is 20.2. The molecular weight excluding hydrogens is 863 g/mol. The third-order valence-electron chi connectivity index (χ3n) is 12.7. The summed E-state index contributed by atoms with van der Waals surface area (Å²) >= 11 is 0. The number of nitrogens with one attached hydrogen (secondary N) is 1. The Balaban J connectivity index is 2.32. The fourth-order valence-electron chi connectivity index (χ4n) is 8.26. The van der Waals surface area contributed by atoms with Gasteiger partial charge in [-0.2, -0.15) is 0 Å². The van der Waals surface area contributed by atoms with Crippen molar-refractivity contribution in [3.05, 3.63) is 97.2 Å². The van der Waals surface area contributed by atoms with Crippen LogP contribution in [0.2, 0.25) is 0 Å². The van der Waals surface area contributed by atoms with Gasteiger partial charge in [0, 0.05) is 6.42 Å². The van der Waals surface area contributed by atoms with Gasteiger partial charge in [0.05, 0.1) is 25.4 Å². The zero-order valence-corrected chi connectivity index (χ0v) is 43.8. The van der Waals surface area contributed by atoms with E-state index in [1.54, 1.807) is 6.08 Å². The first-order valence-corrected chi connectivity index (χ1v) is 28.0. The Morgan fingerprint density at radius 1 is 0.507 bits per heavy atom. The van der Waals surface area contributed by atoms with Gasteiger partial charge in [0.25, 0.3) is 0 Å². The third kappa shape index (κ3) is 38.5. The number of amides is 1. The van der Waals surface area contributed by atoms with E-state index in [2.05, 4.69) is 104 Å². The fraction of sp³-hybridized carbons (Fsp3) is 0.717. The van der Waals surface area contributed by atoms with E-state index in [0.29, 0.717) is 6.42 Å². The molecule has 1 amide bonds. The highest BCUT2D eigenvalue weighted by Crippen LogP contribution is 2.23. The highest BCUT2D eigenvalue weighted by Gasteiger charge is 2.44. The van der Waals surface area contributed by atoms with Crippen molar-refractivity contribution >= 4 is 5.91 Å². The number of rotatable bonds is 46. The van der Waals surface area contributed by atoms with Crippen LogP contribution < -0.4 is 5.32 Å². The summed E-state index contributed by atoms with van der Waals surface area (Å²) in [6.07, 6.45) is 63.2. The molecule has 1 heterocycles. The summed E-state index contributed by atoms with van der Waals surface area (Å²) in [6.45, 7) is 3.64. The molecule has 9 heteroatoms. The van der Waals surface area contributed by atoms with Crippen LogP contribution in [0.3, 0.4) is 0 Å². The number of carbonyl (C=O) groups excluding carboxylic acids is 1. The fourth-order valence-corrected chi connectivity index (χ4v) is 8.26. The molecule has 7 unspecified atom stereocenters. The molecule has 0 bridgehead atoms. The topological polar surface area (TPSA) is 149 Å². The first kappa shape index (κ1) is 64.1. The van der Waals surface area contributed by atoms with E-state index >= 15 is 0 Å². The second-order valence-corrected chi connectivity index (χ2v) is 19.0. The Morgan fingerprint density at radius 3 is 1.32 bits per heavy atom. The molecule has 9 nitrogen and oxygen atoms in total. The maximum atomic E-state index is 13.0. The maximum Gasteiger partial charge on any atom is 0.220 e. The van der Waals surface area contributed by atoms with Gasteiger partial charge in [-0.1, -0.05) is 239 Å². The first-order valence-electron chi connectivity index (χ1n) is 28.0. The lowest BCUT2D eigenvalue weighted by Crippen LogP contribution is -2.60. The largest absolute Gasteiger partial charge is 0.394 e. The van der Waals surface area contributed by atoms with Crippen molar-refractivity contribution in [3.63, 3.8) is 0 Å². The molecule has 0 saturated carbocycles. The zero-order chi connectivity index (χ0) is 50.1. The van der Waals surface area contributed by atoms with Gasteiger partial charge in [0.1, 0.15) is 24.4 Å². The number of carbonyl (C=O) groups is 1. The number of aliphatic hydroxyl groups excluding tert-OH is 5. The predicted molar refractivity (Wildman–Crippen MR) is 290 cm³/mol. The van der Waals surface area contributed by atoms with E-state index in [1.807, 2.05) is 6.08 Å². The maximum absolute atomic E-state index is 13.0. The summed E-state index contributed by atoms with van der Waals surface area (Å²) in [7, 11) is 0. The number of unbranched alkanes of at least 4 members (excludes halogenated alkanes) is 22. The van der Waals surface area contributed by atoms with Crippen LogP contribution >= 0.6 is 0 Å². The molecule has 1 aliphatic rings. The summed E-state index contributed by atoms with van der Waals surface area (Å²) in [6, 6.07) is -0.843. The minimum atomic E-state index is -1.58. The standard InChI is InChI=1S/C60H103NO8/c1-3-5-7-9-11-13-15-17-19-21-23-25-27-29-31-33-35-37-39-41-43-45-47-49-54(63)53(52-68-60-59(67)58(66)57(65)55(51-62)69-60)61-56(64)50-48-46-44-42-40-38-36-34-32-30-28-26-24-22-20-18-16-14-12-10-8-6-4-2/h6,8,12,14,18,20,24,26,30,32,36,38,42,44,47,49,53-55,57-60,62-63,65-67H,3-5,7,9-11,13,15-17,19,21-23,25,27-29,31,33-35,37,39-41,43,45-46,48,50-52H2,1-2H3,(H,61,64)/b8-6-,14-12-,20-18-,26-24-,32-30-,38-36-,44-42-,49-47+. The average Bonchev–Trinajstić information content (AvgIpc) is 3.35. The van der Waals surface area contributed by atoms with Gasteiger partial charge in [-0.25, -0.2) is 0 Å². The lowest BCUT2D eigenvalue weighted by atomic mass is 9.99. The summed E-state index contributed by atoms with van der Waals surface area (Å²) in [5.41, 5.74) is 0. The van der Waals surface area contributed by atoms with Crippen LogP contribution in [0.25, 0.3) is 0 Å². The smallest absolute Gasteiger partial charge is 0.220 e. The molecule has 0 radical (unpaired) electrons. The van der Waals surface area contributed by atoms with Gasteiger partial charge in [-0.05, 0) is 70.6 Å². The number of allylic oxidation sites excluding steroid dienone is 15. The number of aliphatic hydroxyl groups is 5. The van der Waals surface area contributed by atoms with Crippen LogP contribution in [0.4, 0.5) is 0 Å². The van der Waals surface area contributed by atoms with Crippen molar-refractivity contribution in [3.8, 4) is 0 Å². The second-order valence-electron chi connectivity index (χ2n) is 19.0. The molecule has 0 spiro atoms. The molecule has 0 aromatic carbocycles. The molecule has 1 aliphatic heterocycles. The first-order chi connectivity index (χ1) is 33.8. The molecule has 7 atom stereocenters.